The zero-order valence-electron chi connectivity index (χ0n) is 15.7. The van der Waals surface area contributed by atoms with Crippen molar-refractivity contribution in [3.05, 3.63) is 89.5 Å². The molecule has 2 amide bonds. The highest BCUT2D eigenvalue weighted by atomic mass is 19.1. The van der Waals surface area contributed by atoms with Gasteiger partial charge in [0, 0.05) is 38.5 Å². The topological polar surface area (TPSA) is 76.0 Å². The van der Waals surface area contributed by atoms with E-state index in [0.717, 1.165) is 17.7 Å². The number of aromatic nitrogens is 2. The zero-order chi connectivity index (χ0) is 20.8. The van der Waals surface area contributed by atoms with Gasteiger partial charge in [-0.05, 0) is 17.7 Å². The van der Waals surface area contributed by atoms with Crippen LogP contribution in [-0.2, 0) is 11.8 Å². The van der Waals surface area contributed by atoms with Crippen LogP contribution in [0.15, 0.2) is 60.9 Å². The molecule has 0 spiro atoms. The molecule has 0 unspecified atom stereocenters. The number of carbonyl (C=O) groups is 2. The summed E-state index contributed by atoms with van der Waals surface area (Å²) in [5, 5.41) is 5.38. The van der Waals surface area contributed by atoms with Crippen molar-refractivity contribution >= 4 is 11.8 Å². The third-order valence-corrected chi connectivity index (χ3v) is 4.37. The van der Waals surface area contributed by atoms with Crippen molar-refractivity contribution in [2.75, 3.05) is 6.54 Å². The smallest absolute Gasteiger partial charge is 0.254 e. The predicted molar refractivity (Wildman–Crippen MR) is 103 cm³/mol. The molecule has 0 fully saturated rings. The minimum Gasteiger partial charge on any atom is -0.351 e. The monoisotopic (exact) mass is 398 g/mol. The van der Waals surface area contributed by atoms with Gasteiger partial charge in [0.15, 0.2) is 0 Å². The van der Waals surface area contributed by atoms with E-state index in [0.29, 0.717) is 11.9 Å². The Bertz CT molecular complexity index is 1000. The zero-order valence-corrected chi connectivity index (χ0v) is 15.7. The first-order valence-corrected chi connectivity index (χ1v) is 9.00. The molecule has 0 aliphatic carbocycles. The highest BCUT2D eigenvalue weighted by Gasteiger charge is 2.20. The average Bonchev–Trinajstić information content (AvgIpc) is 3.12. The van der Waals surface area contributed by atoms with Crippen LogP contribution in [0.2, 0.25) is 0 Å². The van der Waals surface area contributed by atoms with Gasteiger partial charge in [-0.1, -0.05) is 30.3 Å². The molecule has 1 heterocycles. The number of nitrogens with one attached hydrogen (secondary N) is 2. The second-order valence-corrected chi connectivity index (χ2v) is 6.44. The number of carbonyl (C=O) groups excluding carboxylic acids is 2. The van der Waals surface area contributed by atoms with E-state index in [9.17, 15) is 18.4 Å². The molecule has 3 aromatic rings. The molecule has 2 N–H and O–H groups in total. The molecule has 2 aromatic carbocycles. The standard InChI is InChI=1S/C21H20F2N4O2/c1-27-12-11-24-20(27)19(14-5-3-2-4-6-14)26-18(28)9-10-25-21(29)16-8-7-15(22)13-17(16)23/h2-8,11-13,19H,9-10H2,1H3,(H,25,29)(H,26,28)/t19-/m1/s1. The van der Waals surface area contributed by atoms with Crippen molar-refractivity contribution < 1.29 is 18.4 Å². The largest absolute Gasteiger partial charge is 0.351 e. The van der Waals surface area contributed by atoms with Gasteiger partial charge in [0.05, 0.1) is 5.56 Å². The number of nitrogens with zero attached hydrogens (tertiary/aromatic N) is 2. The van der Waals surface area contributed by atoms with Crippen LogP contribution in [0.4, 0.5) is 8.78 Å². The van der Waals surface area contributed by atoms with Crippen LogP contribution in [0.5, 0.6) is 0 Å². The summed E-state index contributed by atoms with van der Waals surface area (Å²) < 4.78 is 28.4. The van der Waals surface area contributed by atoms with Crippen LogP contribution < -0.4 is 10.6 Å². The van der Waals surface area contributed by atoms with Crippen molar-refractivity contribution in [3.63, 3.8) is 0 Å². The lowest BCUT2D eigenvalue weighted by molar-refractivity contribution is -0.121. The SMILES string of the molecule is Cn1ccnc1[C@H](NC(=O)CCNC(=O)c1ccc(F)cc1F)c1ccccc1. The van der Waals surface area contributed by atoms with E-state index >= 15 is 0 Å². The number of amides is 2. The quantitative estimate of drug-likeness (QED) is 0.643. The molecule has 0 aliphatic heterocycles. The van der Waals surface area contributed by atoms with Crippen molar-refractivity contribution in [1.29, 1.82) is 0 Å². The third-order valence-electron chi connectivity index (χ3n) is 4.37. The minimum absolute atomic E-state index is 0.00353. The lowest BCUT2D eigenvalue weighted by Gasteiger charge is -2.19. The van der Waals surface area contributed by atoms with E-state index in [2.05, 4.69) is 15.6 Å². The molecule has 1 atom stereocenters. The van der Waals surface area contributed by atoms with Gasteiger partial charge in [-0.2, -0.15) is 0 Å². The van der Waals surface area contributed by atoms with Crippen LogP contribution >= 0.6 is 0 Å². The number of benzene rings is 2. The second-order valence-electron chi connectivity index (χ2n) is 6.44. The van der Waals surface area contributed by atoms with Crippen LogP contribution in [0.3, 0.4) is 0 Å². The number of rotatable bonds is 7. The van der Waals surface area contributed by atoms with Gasteiger partial charge in [0.25, 0.3) is 5.91 Å². The fourth-order valence-corrected chi connectivity index (χ4v) is 2.89. The normalized spacial score (nSPS) is 11.7. The first kappa shape index (κ1) is 20.2. The molecule has 0 aliphatic rings. The molecule has 1 aromatic heterocycles. The Morgan fingerprint density at radius 2 is 1.90 bits per heavy atom. The van der Waals surface area contributed by atoms with Gasteiger partial charge in [-0.3, -0.25) is 9.59 Å². The highest BCUT2D eigenvalue weighted by molar-refractivity contribution is 5.94. The first-order chi connectivity index (χ1) is 14.0. The van der Waals surface area contributed by atoms with Crippen molar-refractivity contribution in [2.24, 2.45) is 7.05 Å². The van der Waals surface area contributed by atoms with Gasteiger partial charge in [-0.15, -0.1) is 0 Å². The third kappa shape index (κ3) is 5.04. The molecule has 0 saturated carbocycles. The summed E-state index contributed by atoms with van der Waals surface area (Å²) in [7, 11) is 1.84. The van der Waals surface area contributed by atoms with E-state index in [1.165, 1.54) is 0 Å². The van der Waals surface area contributed by atoms with E-state index < -0.39 is 23.6 Å². The Hall–Kier alpha value is -3.55. The number of imidazole rings is 1. The molecule has 8 heteroatoms. The first-order valence-electron chi connectivity index (χ1n) is 9.00. The maximum atomic E-state index is 13.7. The van der Waals surface area contributed by atoms with Gasteiger partial charge in [0.2, 0.25) is 5.91 Å². The average molecular weight is 398 g/mol. The van der Waals surface area contributed by atoms with Crippen molar-refractivity contribution in [1.82, 2.24) is 20.2 Å². The molecule has 0 saturated heterocycles. The van der Waals surface area contributed by atoms with Crippen LogP contribution in [-0.4, -0.2) is 27.9 Å². The van der Waals surface area contributed by atoms with Crippen LogP contribution in [0.25, 0.3) is 0 Å². The lowest BCUT2D eigenvalue weighted by atomic mass is 10.1. The minimum atomic E-state index is -0.953. The summed E-state index contributed by atoms with van der Waals surface area (Å²) in [5.74, 6) is -2.06. The predicted octanol–water partition coefficient (Wildman–Crippen LogP) is 2.72. The molecule has 6 nitrogen and oxygen atoms in total. The van der Waals surface area contributed by atoms with E-state index in [4.69, 9.17) is 0 Å². The van der Waals surface area contributed by atoms with Crippen LogP contribution in [0, 0.1) is 11.6 Å². The molecule has 3 rings (SSSR count). The Labute approximate surface area is 166 Å². The van der Waals surface area contributed by atoms with Crippen molar-refractivity contribution in [2.45, 2.75) is 12.5 Å². The number of hydrogen-bond donors (Lipinski definition) is 2. The van der Waals surface area contributed by atoms with Crippen molar-refractivity contribution in [3.8, 4) is 0 Å². The number of hydrogen-bond acceptors (Lipinski definition) is 3. The molecule has 0 bridgehead atoms. The number of halogens is 2. The molecule has 150 valence electrons. The summed E-state index contributed by atoms with van der Waals surface area (Å²) in [5.41, 5.74) is 0.592. The summed E-state index contributed by atoms with van der Waals surface area (Å²) in [6.07, 6.45) is 3.42. The fraction of sp³-hybridized carbons (Fsp3) is 0.190. The molecular weight excluding hydrogens is 378 g/mol. The Morgan fingerprint density at radius 1 is 1.14 bits per heavy atom. The lowest BCUT2D eigenvalue weighted by Crippen LogP contribution is -2.34. The second kappa shape index (κ2) is 9.09. The Morgan fingerprint density at radius 3 is 2.55 bits per heavy atom. The maximum Gasteiger partial charge on any atom is 0.254 e. The summed E-state index contributed by atoms with van der Waals surface area (Å²) in [6, 6.07) is 11.6. The van der Waals surface area contributed by atoms with E-state index in [1.54, 1.807) is 12.4 Å². The van der Waals surface area contributed by atoms with Gasteiger partial charge < -0.3 is 15.2 Å². The van der Waals surface area contributed by atoms with Gasteiger partial charge in [-0.25, -0.2) is 13.8 Å². The summed E-state index contributed by atoms with van der Waals surface area (Å²) in [4.78, 5) is 28.8. The summed E-state index contributed by atoms with van der Waals surface area (Å²) in [6.45, 7) is 0.00353. The number of aryl methyl sites for hydroxylation is 1. The maximum absolute atomic E-state index is 13.7. The summed E-state index contributed by atoms with van der Waals surface area (Å²) >= 11 is 0. The van der Waals surface area contributed by atoms with E-state index in [-0.39, 0.29) is 24.4 Å². The van der Waals surface area contributed by atoms with Gasteiger partial charge in [0.1, 0.15) is 23.5 Å². The van der Waals surface area contributed by atoms with Crippen LogP contribution in [0.1, 0.15) is 34.2 Å². The molecular formula is C21H20F2N4O2. The molecule has 29 heavy (non-hydrogen) atoms. The van der Waals surface area contributed by atoms with Gasteiger partial charge >= 0.3 is 0 Å². The Balaban J connectivity index is 1.61. The highest BCUT2D eigenvalue weighted by Crippen LogP contribution is 2.20. The Kier molecular flexibility index (Phi) is 6.33. The molecule has 0 radical (unpaired) electrons. The van der Waals surface area contributed by atoms with E-state index in [1.807, 2.05) is 41.9 Å². The fourth-order valence-electron chi connectivity index (χ4n) is 2.89.